The first-order chi connectivity index (χ1) is 11.6. The van der Waals surface area contributed by atoms with Crippen LogP contribution in [-0.2, 0) is 16.6 Å². The van der Waals surface area contributed by atoms with Crippen LogP contribution in [0.25, 0.3) is 0 Å². The Kier molecular flexibility index (Phi) is 6.54. The van der Waals surface area contributed by atoms with E-state index < -0.39 is 11.8 Å². The zero-order valence-electron chi connectivity index (χ0n) is 14.2. The molecular formula is C18H24N4O2. The van der Waals surface area contributed by atoms with Crippen molar-refractivity contribution in [3.8, 4) is 0 Å². The fourth-order valence-corrected chi connectivity index (χ4v) is 2.48. The molecule has 6 heteroatoms. The lowest BCUT2D eigenvalue weighted by molar-refractivity contribution is -0.136. The molecule has 0 saturated heterocycles. The van der Waals surface area contributed by atoms with Crippen molar-refractivity contribution in [2.75, 3.05) is 5.32 Å². The van der Waals surface area contributed by atoms with E-state index in [4.69, 9.17) is 0 Å². The number of aryl methyl sites for hydroxylation is 1. The summed E-state index contributed by atoms with van der Waals surface area (Å²) in [5.41, 5.74) is 1.01. The second-order valence-electron chi connectivity index (χ2n) is 5.76. The van der Waals surface area contributed by atoms with E-state index in [-0.39, 0.29) is 6.04 Å². The number of nitrogens with zero attached hydrogens (tertiary/aromatic N) is 2. The Morgan fingerprint density at radius 3 is 2.50 bits per heavy atom. The van der Waals surface area contributed by atoms with Gasteiger partial charge in [0.1, 0.15) is 0 Å². The minimum atomic E-state index is -0.704. The van der Waals surface area contributed by atoms with Crippen molar-refractivity contribution in [3.63, 3.8) is 0 Å². The minimum absolute atomic E-state index is 0.167. The van der Waals surface area contributed by atoms with Crippen LogP contribution in [0.3, 0.4) is 0 Å². The first-order valence-electron chi connectivity index (χ1n) is 8.26. The summed E-state index contributed by atoms with van der Waals surface area (Å²) in [7, 11) is 1.74. The molecule has 128 valence electrons. The summed E-state index contributed by atoms with van der Waals surface area (Å²) in [6, 6.07) is 11.2. The van der Waals surface area contributed by atoms with Crippen LogP contribution >= 0.6 is 0 Å². The number of benzene rings is 1. The van der Waals surface area contributed by atoms with Crippen LogP contribution in [0.5, 0.6) is 0 Å². The lowest BCUT2D eigenvalue weighted by atomic mass is 10.0. The molecular weight excluding hydrogens is 304 g/mol. The van der Waals surface area contributed by atoms with Gasteiger partial charge in [-0.2, -0.15) is 5.10 Å². The van der Waals surface area contributed by atoms with E-state index in [0.29, 0.717) is 5.82 Å². The first-order valence-corrected chi connectivity index (χ1v) is 8.26. The fourth-order valence-electron chi connectivity index (χ4n) is 2.48. The molecule has 1 aromatic carbocycles. The quantitative estimate of drug-likeness (QED) is 0.606. The Morgan fingerprint density at radius 1 is 1.12 bits per heavy atom. The molecule has 24 heavy (non-hydrogen) atoms. The number of carbonyl (C=O) groups is 2. The van der Waals surface area contributed by atoms with Crippen molar-refractivity contribution in [1.29, 1.82) is 0 Å². The third-order valence-electron chi connectivity index (χ3n) is 3.77. The number of anilines is 1. The van der Waals surface area contributed by atoms with E-state index in [1.807, 2.05) is 30.3 Å². The third kappa shape index (κ3) is 5.22. The van der Waals surface area contributed by atoms with E-state index in [1.165, 1.54) is 0 Å². The summed E-state index contributed by atoms with van der Waals surface area (Å²) in [6.45, 7) is 2.14. The maximum Gasteiger partial charge on any atom is 0.314 e. The molecule has 0 saturated carbocycles. The van der Waals surface area contributed by atoms with Crippen molar-refractivity contribution >= 4 is 17.6 Å². The maximum atomic E-state index is 12.2. The number of amides is 2. The van der Waals surface area contributed by atoms with Gasteiger partial charge >= 0.3 is 11.8 Å². The predicted molar refractivity (Wildman–Crippen MR) is 93.3 cm³/mol. The summed E-state index contributed by atoms with van der Waals surface area (Å²) >= 11 is 0. The smallest absolute Gasteiger partial charge is 0.314 e. The van der Waals surface area contributed by atoms with Gasteiger partial charge in [0.2, 0.25) is 0 Å². The highest BCUT2D eigenvalue weighted by molar-refractivity contribution is 6.39. The van der Waals surface area contributed by atoms with Crippen LogP contribution < -0.4 is 10.6 Å². The average molecular weight is 328 g/mol. The predicted octanol–water partition coefficient (Wildman–Crippen LogP) is 2.80. The van der Waals surface area contributed by atoms with Gasteiger partial charge in [-0.25, -0.2) is 0 Å². The van der Waals surface area contributed by atoms with Gasteiger partial charge in [-0.1, -0.05) is 56.5 Å². The van der Waals surface area contributed by atoms with E-state index in [9.17, 15) is 9.59 Å². The Labute approximate surface area is 142 Å². The van der Waals surface area contributed by atoms with Crippen molar-refractivity contribution in [2.24, 2.45) is 7.05 Å². The molecule has 0 aliphatic carbocycles. The fraction of sp³-hybridized carbons (Fsp3) is 0.389. The second kappa shape index (κ2) is 8.86. The number of rotatable bonds is 7. The standard InChI is InChI=1S/C18H24N4O2/c1-3-4-6-11-15(14-9-7-5-8-10-14)19-17(23)18(24)20-16-12-13-22(2)21-16/h5,7-10,12-13,15H,3-4,6,11H2,1-2H3,(H,19,23)(H,20,21,24)/t15-/m0/s1. The van der Waals surface area contributed by atoms with Crippen molar-refractivity contribution in [2.45, 2.75) is 38.6 Å². The summed E-state index contributed by atoms with van der Waals surface area (Å²) in [5.74, 6) is -0.990. The van der Waals surface area contributed by atoms with Gasteiger partial charge in [0.05, 0.1) is 6.04 Å². The van der Waals surface area contributed by atoms with E-state index in [0.717, 1.165) is 31.2 Å². The molecule has 0 aliphatic rings. The molecule has 2 amide bonds. The van der Waals surface area contributed by atoms with Gasteiger partial charge in [0, 0.05) is 19.3 Å². The average Bonchev–Trinajstić information content (AvgIpc) is 2.99. The molecule has 0 aliphatic heterocycles. The highest BCUT2D eigenvalue weighted by atomic mass is 16.2. The Bertz CT molecular complexity index is 667. The van der Waals surface area contributed by atoms with Crippen LogP contribution in [-0.4, -0.2) is 21.6 Å². The highest BCUT2D eigenvalue weighted by Gasteiger charge is 2.20. The molecule has 1 aromatic heterocycles. The highest BCUT2D eigenvalue weighted by Crippen LogP contribution is 2.19. The minimum Gasteiger partial charge on any atom is -0.341 e. The van der Waals surface area contributed by atoms with Gasteiger partial charge < -0.3 is 10.6 Å². The molecule has 2 N–H and O–H groups in total. The molecule has 6 nitrogen and oxygen atoms in total. The van der Waals surface area contributed by atoms with Gasteiger partial charge in [0.25, 0.3) is 0 Å². The summed E-state index contributed by atoms with van der Waals surface area (Å²) < 4.78 is 1.56. The number of hydrogen-bond acceptors (Lipinski definition) is 3. The van der Waals surface area contributed by atoms with Crippen LogP contribution in [0.4, 0.5) is 5.82 Å². The van der Waals surface area contributed by atoms with E-state index in [2.05, 4.69) is 22.7 Å². The van der Waals surface area contributed by atoms with Gasteiger partial charge in [-0.3, -0.25) is 14.3 Å². The van der Waals surface area contributed by atoms with Crippen LogP contribution in [0.2, 0.25) is 0 Å². The monoisotopic (exact) mass is 328 g/mol. The first kappa shape index (κ1) is 17.7. The molecule has 0 unspecified atom stereocenters. The molecule has 2 aromatic rings. The number of hydrogen-bond donors (Lipinski definition) is 2. The maximum absolute atomic E-state index is 12.2. The normalized spacial score (nSPS) is 11.8. The second-order valence-corrected chi connectivity index (χ2v) is 5.76. The van der Waals surface area contributed by atoms with Crippen molar-refractivity contribution in [1.82, 2.24) is 15.1 Å². The number of nitrogens with one attached hydrogen (secondary N) is 2. The van der Waals surface area contributed by atoms with Crippen molar-refractivity contribution in [3.05, 3.63) is 48.2 Å². The Balaban J connectivity index is 1.99. The van der Waals surface area contributed by atoms with Crippen molar-refractivity contribution < 1.29 is 9.59 Å². The Morgan fingerprint density at radius 2 is 1.88 bits per heavy atom. The zero-order valence-corrected chi connectivity index (χ0v) is 14.2. The molecule has 0 spiro atoms. The summed E-state index contributed by atoms with van der Waals surface area (Å²) in [6.07, 6.45) is 5.71. The number of unbranched alkanes of at least 4 members (excludes halogenated alkanes) is 2. The zero-order chi connectivity index (χ0) is 17.4. The van der Waals surface area contributed by atoms with Gasteiger partial charge in [-0.05, 0) is 12.0 Å². The lowest BCUT2D eigenvalue weighted by Gasteiger charge is -2.18. The van der Waals surface area contributed by atoms with E-state index >= 15 is 0 Å². The van der Waals surface area contributed by atoms with Gasteiger partial charge in [-0.15, -0.1) is 0 Å². The molecule has 0 fully saturated rings. The summed E-state index contributed by atoms with van der Waals surface area (Å²) in [4.78, 5) is 24.3. The lowest BCUT2D eigenvalue weighted by Crippen LogP contribution is -2.38. The van der Waals surface area contributed by atoms with Crippen LogP contribution in [0.15, 0.2) is 42.6 Å². The molecule has 1 heterocycles. The molecule has 0 radical (unpaired) electrons. The number of aromatic nitrogens is 2. The van der Waals surface area contributed by atoms with Crippen LogP contribution in [0, 0.1) is 0 Å². The number of carbonyl (C=O) groups excluding carboxylic acids is 2. The molecule has 0 bridgehead atoms. The molecule has 1 atom stereocenters. The Hall–Kier alpha value is -2.63. The molecule has 2 rings (SSSR count). The summed E-state index contributed by atoms with van der Waals surface area (Å²) in [5, 5.41) is 9.37. The SMILES string of the molecule is CCCCC[C@H](NC(=O)C(=O)Nc1ccn(C)n1)c1ccccc1. The third-order valence-corrected chi connectivity index (χ3v) is 3.77. The van der Waals surface area contributed by atoms with Crippen LogP contribution in [0.1, 0.15) is 44.2 Å². The topological polar surface area (TPSA) is 76.0 Å². The van der Waals surface area contributed by atoms with E-state index in [1.54, 1.807) is 24.0 Å². The van der Waals surface area contributed by atoms with Gasteiger partial charge in [0.15, 0.2) is 5.82 Å². The largest absolute Gasteiger partial charge is 0.341 e.